The van der Waals surface area contributed by atoms with Crippen LogP contribution in [0.4, 0.5) is 0 Å². The zero-order chi connectivity index (χ0) is 17.9. The molecule has 0 bridgehead atoms. The molecular weight excluding hydrogens is 324 g/mol. The molecule has 0 saturated heterocycles. The maximum absolute atomic E-state index is 12.5. The number of fused-ring (bicyclic) bond motifs is 1. The first kappa shape index (κ1) is 16.2. The second-order valence-electron chi connectivity index (χ2n) is 6.21. The van der Waals surface area contributed by atoms with E-state index in [0.717, 1.165) is 11.1 Å². The van der Waals surface area contributed by atoms with Crippen LogP contribution in [0.5, 0.6) is 5.75 Å². The predicted octanol–water partition coefficient (Wildman–Crippen LogP) is 5.35. The fourth-order valence-corrected chi connectivity index (χ4v) is 2.90. The third-order valence-electron chi connectivity index (χ3n) is 4.41. The summed E-state index contributed by atoms with van der Waals surface area (Å²) in [6.45, 7) is 2.52. The first-order valence-corrected chi connectivity index (χ1v) is 8.51. The first-order valence-electron chi connectivity index (χ1n) is 8.51. The molecule has 1 aromatic heterocycles. The maximum atomic E-state index is 12.5. The van der Waals surface area contributed by atoms with Gasteiger partial charge in [-0.15, -0.1) is 0 Å². The van der Waals surface area contributed by atoms with Crippen LogP contribution in [0.1, 0.15) is 11.1 Å². The van der Waals surface area contributed by atoms with Gasteiger partial charge < -0.3 is 9.15 Å². The normalized spacial score (nSPS) is 10.8. The van der Waals surface area contributed by atoms with Crippen molar-refractivity contribution in [3.05, 3.63) is 100 Å². The van der Waals surface area contributed by atoms with E-state index >= 15 is 0 Å². The molecule has 0 amide bonds. The van der Waals surface area contributed by atoms with Gasteiger partial charge in [0.25, 0.3) is 0 Å². The van der Waals surface area contributed by atoms with Crippen molar-refractivity contribution in [3.8, 4) is 17.1 Å². The Kier molecular flexibility index (Phi) is 4.28. The average molecular weight is 342 g/mol. The van der Waals surface area contributed by atoms with E-state index in [-0.39, 0.29) is 5.43 Å². The van der Waals surface area contributed by atoms with Crippen LogP contribution in [-0.4, -0.2) is 0 Å². The summed E-state index contributed by atoms with van der Waals surface area (Å²) in [6, 6.07) is 24.6. The highest BCUT2D eigenvalue weighted by molar-refractivity contribution is 5.80. The van der Waals surface area contributed by atoms with E-state index in [2.05, 4.69) is 13.0 Å². The van der Waals surface area contributed by atoms with Crippen LogP contribution in [-0.2, 0) is 6.61 Å². The zero-order valence-corrected chi connectivity index (χ0v) is 14.4. The summed E-state index contributed by atoms with van der Waals surface area (Å²) in [5.74, 6) is 1.22. The van der Waals surface area contributed by atoms with Crippen LogP contribution < -0.4 is 10.2 Å². The molecule has 3 nitrogen and oxygen atoms in total. The fraction of sp³-hybridized carbons (Fsp3) is 0.0870. The number of hydrogen-bond donors (Lipinski definition) is 0. The van der Waals surface area contributed by atoms with Gasteiger partial charge in [0, 0.05) is 11.6 Å². The van der Waals surface area contributed by atoms with Crippen LogP contribution in [0.3, 0.4) is 0 Å². The molecule has 3 aromatic carbocycles. The van der Waals surface area contributed by atoms with Gasteiger partial charge in [-0.05, 0) is 36.2 Å². The quantitative estimate of drug-likeness (QED) is 0.502. The molecule has 0 aliphatic carbocycles. The standard InChI is InChI=1S/C23H18O3/c1-16-7-5-6-10-18(16)15-25-19-11-12-22-20(13-19)21(24)14-23(26-22)17-8-3-2-4-9-17/h2-14H,15H2,1H3. The molecular formula is C23H18O3. The molecule has 0 N–H and O–H groups in total. The van der Waals surface area contributed by atoms with Gasteiger partial charge in [-0.3, -0.25) is 4.79 Å². The smallest absolute Gasteiger partial charge is 0.193 e. The van der Waals surface area contributed by atoms with E-state index in [0.29, 0.717) is 29.1 Å². The Hall–Kier alpha value is -3.33. The Labute approximate surface area is 151 Å². The Morgan fingerprint density at radius 2 is 1.65 bits per heavy atom. The van der Waals surface area contributed by atoms with Gasteiger partial charge in [-0.2, -0.15) is 0 Å². The van der Waals surface area contributed by atoms with Gasteiger partial charge in [-0.25, -0.2) is 0 Å². The predicted molar refractivity (Wildman–Crippen MR) is 103 cm³/mol. The van der Waals surface area contributed by atoms with E-state index in [1.165, 1.54) is 11.6 Å². The molecule has 0 atom stereocenters. The van der Waals surface area contributed by atoms with Crippen molar-refractivity contribution in [2.24, 2.45) is 0 Å². The van der Waals surface area contributed by atoms with Gasteiger partial charge in [0.2, 0.25) is 0 Å². The number of aryl methyl sites for hydroxylation is 1. The third-order valence-corrected chi connectivity index (χ3v) is 4.41. The minimum atomic E-state index is -0.0774. The molecule has 128 valence electrons. The van der Waals surface area contributed by atoms with Crippen molar-refractivity contribution in [3.63, 3.8) is 0 Å². The summed E-state index contributed by atoms with van der Waals surface area (Å²) in [5, 5.41) is 0.520. The molecule has 0 spiro atoms. The van der Waals surface area contributed by atoms with E-state index in [9.17, 15) is 4.79 Å². The lowest BCUT2D eigenvalue weighted by atomic mass is 10.1. The van der Waals surface area contributed by atoms with Crippen LogP contribution >= 0.6 is 0 Å². The summed E-state index contributed by atoms with van der Waals surface area (Å²) < 4.78 is 11.8. The Balaban J connectivity index is 1.64. The van der Waals surface area contributed by atoms with E-state index in [4.69, 9.17) is 9.15 Å². The van der Waals surface area contributed by atoms with E-state index < -0.39 is 0 Å². The van der Waals surface area contributed by atoms with Crippen LogP contribution in [0.25, 0.3) is 22.3 Å². The number of rotatable bonds is 4. The highest BCUT2D eigenvalue weighted by Crippen LogP contribution is 2.25. The molecule has 1 heterocycles. The second kappa shape index (κ2) is 6.89. The SMILES string of the molecule is Cc1ccccc1COc1ccc2oc(-c3ccccc3)cc(=O)c2c1. The molecule has 0 fully saturated rings. The highest BCUT2D eigenvalue weighted by Gasteiger charge is 2.08. The molecule has 0 radical (unpaired) electrons. The lowest BCUT2D eigenvalue weighted by Crippen LogP contribution is -2.02. The summed E-state index contributed by atoms with van der Waals surface area (Å²) in [7, 11) is 0. The van der Waals surface area contributed by atoms with Crippen molar-refractivity contribution in [2.45, 2.75) is 13.5 Å². The lowest BCUT2D eigenvalue weighted by Gasteiger charge is -2.09. The Bertz CT molecular complexity index is 1110. The fourth-order valence-electron chi connectivity index (χ4n) is 2.90. The number of hydrogen-bond acceptors (Lipinski definition) is 3. The van der Waals surface area contributed by atoms with Gasteiger partial charge in [-0.1, -0.05) is 54.6 Å². The van der Waals surface area contributed by atoms with Crippen molar-refractivity contribution in [2.75, 3.05) is 0 Å². The van der Waals surface area contributed by atoms with Gasteiger partial charge >= 0.3 is 0 Å². The monoisotopic (exact) mass is 342 g/mol. The molecule has 26 heavy (non-hydrogen) atoms. The molecule has 0 aliphatic rings. The van der Waals surface area contributed by atoms with Gasteiger partial charge in [0.15, 0.2) is 5.43 Å². The lowest BCUT2D eigenvalue weighted by molar-refractivity contribution is 0.305. The second-order valence-corrected chi connectivity index (χ2v) is 6.21. The van der Waals surface area contributed by atoms with Gasteiger partial charge in [0.1, 0.15) is 23.7 Å². The van der Waals surface area contributed by atoms with Crippen molar-refractivity contribution >= 4 is 11.0 Å². The first-order chi connectivity index (χ1) is 12.7. The highest BCUT2D eigenvalue weighted by atomic mass is 16.5. The molecule has 0 unspecified atom stereocenters. The van der Waals surface area contributed by atoms with Crippen LogP contribution in [0, 0.1) is 6.92 Å². The molecule has 4 aromatic rings. The minimum absolute atomic E-state index is 0.0774. The third kappa shape index (κ3) is 3.24. The van der Waals surface area contributed by atoms with E-state index in [1.54, 1.807) is 12.1 Å². The number of ether oxygens (including phenoxy) is 1. The van der Waals surface area contributed by atoms with Crippen LogP contribution in [0.2, 0.25) is 0 Å². The minimum Gasteiger partial charge on any atom is -0.489 e. The summed E-state index contributed by atoms with van der Waals surface area (Å²) in [6.07, 6.45) is 0. The molecule has 0 saturated carbocycles. The topological polar surface area (TPSA) is 39.4 Å². The van der Waals surface area contributed by atoms with E-state index in [1.807, 2.05) is 54.6 Å². The molecule has 3 heteroatoms. The van der Waals surface area contributed by atoms with Crippen molar-refractivity contribution < 1.29 is 9.15 Å². The Morgan fingerprint density at radius 3 is 2.46 bits per heavy atom. The Morgan fingerprint density at radius 1 is 0.885 bits per heavy atom. The zero-order valence-electron chi connectivity index (χ0n) is 14.4. The summed E-state index contributed by atoms with van der Waals surface area (Å²) >= 11 is 0. The number of benzene rings is 3. The maximum Gasteiger partial charge on any atom is 0.193 e. The van der Waals surface area contributed by atoms with Crippen LogP contribution in [0.15, 0.2) is 88.1 Å². The summed E-state index contributed by atoms with van der Waals surface area (Å²) in [5.41, 5.74) is 3.66. The van der Waals surface area contributed by atoms with Crippen molar-refractivity contribution in [1.29, 1.82) is 0 Å². The van der Waals surface area contributed by atoms with Gasteiger partial charge in [0.05, 0.1) is 5.39 Å². The molecule has 4 rings (SSSR count). The average Bonchev–Trinajstić information content (AvgIpc) is 2.68. The molecule has 0 aliphatic heterocycles. The van der Waals surface area contributed by atoms with Crippen molar-refractivity contribution in [1.82, 2.24) is 0 Å². The summed E-state index contributed by atoms with van der Waals surface area (Å²) in [4.78, 5) is 12.5. The largest absolute Gasteiger partial charge is 0.489 e.